The number of rotatable bonds is 7. The van der Waals surface area contributed by atoms with Crippen molar-refractivity contribution in [1.82, 2.24) is 10.9 Å². The highest BCUT2D eigenvalue weighted by atomic mass is 35.5. The van der Waals surface area contributed by atoms with Gasteiger partial charge in [0.25, 0.3) is 0 Å². The fourth-order valence-corrected chi connectivity index (χ4v) is 4.59. The molecule has 2 amide bonds. The molecule has 0 unspecified atom stereocenters. The summed E-state index contributed by atoms with van der Waals surface area (Å²) >= 11 is 11.8. The monoisotopic (exact) mass is 398 g/mol. The average molecular weight is 399 g/mol. The molecule has 2 saturated carbocycles. The highest BCUT2D eigenvalue weighted by Crippen LogP contribution is 2.49. The number of nitrogens with one attached hydrogen (secondary N) is 2. The number of amides is 2. The summed E-state index contributed by atoms with van der Waals surface area (Å²) in [5, 5.41) is 0.984. The second kappa shape index (κ2) is 8.96. The molecular formula is C19H24Cl2N2O3. The van der Waals surface area contributed by atoms with Crippen LogP contribution in [0.15, 0.2) is 18.2 Å². The summed E-state index contributed by atoms with van der Waals surface area (Å²) in [6, 6.07) is 5.00. The maximum absolute atomic E-state index is 12.0. The smallest absolute Gasteiger partial charge is 0.238 e. The van der Waals surface area contributed by atoms with E-state index in [1.807, 2.05) is 0 Å². The predicted molar refractivity (Wildman–Crippen MR) is 101 cm³/mol. The number of carbonyl (C=O) groups excluding carboxylic acids is 2. The zero-order valence-corrected chi connectivity index (χ0v) is 16.1. The summed E-state index contributed by atoms with van der Waals surface area (Å²) in [6.07, 6.45) is 6.32. The Hall–Kier alpha value is -1.46. The predicted octanol–water partition coefficient (Wildman–Crippen LogP) is 4.13. The van der Waals surface area contributed by atoms with E-state index in [0.717, 1.165) is 12.3 Å². The minimum absolute atomic E-state index is 0.0971. The second-order valence-electron chi connectivity index (χ2n) is 7.26. The van der Waals surface area contributed by atoms with Crippen molar-refractivity contribution < 1.29 is 14.3 Å². The van der Waals surface area contributed by atoms with Crippen molar-refractivity contribution in [2.75, 3.05) is 6.61 Å². The summed E-state index contributed by atoms with van der Waals surface area (Å²) in [7, 11) is 0. The summed E-state index contributed by atoms with van der Waals surface area (Å²) in [5.41, 5.74) is 5.01. The summed E-state index contributed by atoms with van der Waals surface area (Å²) in [5.74, 6) is 2.23. The van der Waals surface area contributed by atoms with E-state index in [1.54, 1.807) is 18.2 Å². The molecule has 142 valence electrons. The van der Waals surface area contributed by atoms with E-state index >= 15 is 0 Å². The molecule has 7 heteroatoms. The van der Waals surface area contributed by atoms with Gasteiger partial charge >= 0.3 is 0 Å². The SMILES string of the molecule is O=C(CCCOc1ccc(Cl)cc1Cl)NNC(=O)C[C@@H]1C[C@H]2CC[C@@H]1C2. The molecule has 2 fully saturated rings. The van der Waals surface area contributed by atoms with Crippen molar-refractivity contribution in [1.29, 1.82) is 0 Å². The van der Waals surface area contributed by atoms with Gasteiger partial charge in [-0.25, -0.2) is 0 Å². The summed E-state index contributed by atoms with van der Waals surface area (Å²) < 4.78 is 5.53. The van der Waals surface area contributed by atoms with Crippen LogP contribution in [-0.4, -0.2) is 18.4 Å². The molecule has 0 aromatic heterocycles. The Morgan fingerprint density at radius 2 is 1.92 bits per heavy atom. The van der Waals surface area contributed by atoms with Crippen molar-refractivity contribution in [3.05, 3.63) is 28.2 Å². The number of carbonyl (C=O) groups is 2. The van der Waals surface area contributed by atoms with Crippen molar-refractivity contribution in [2.45, 2.75) is 44.9 Å². The molecule has 0 spiro atoms. The summed E-state index contributed by atoms with van der Waals surface area (Å²) in [4.78, 5) is 23.8. The minimum Gasteiger partial charge on any atom is -0.492 e. The zero-order chi connectivity index (χ0) is 18.5. The third-order valence-corrected chi connectivity index (χ3v) is 5.90. The van der Waals surface area contributed by atoms with Crippen molar-refractivity contribution in [2.24, 2.45) is 17.8 Å². The van der Waals surface area contributed by atoms with Crippen LogP contribution in [-0.2, 0) is 9.59 Å². The van der Waals surface area contributed by atoms with E-state index in [0.29, 0.717) is 47.1 Å². The number of halogens is 2. The fraction of sp³-hybridized carbons (Fsp3) is 0.579. The molecule has 2 bridgehead atoms. The van der Waals surface area contributed by atoms with Gasteiger partial charge in [0.15, 0.2) is 0 Å². The molecule has 0 heterocycles. The lowest BCUT2D eigenvalue weighted by Crippen LogP contribution is -2.42. The lowest BCUT2D eigenvalue weighted by atomic mass is 9.86. The van der Waals surface area contributed by atoms with Gasteiger partial charge in [-0.15, -0.1) is 0 Å². The Balaban J connectivity index is 1.27. The highest BCUT2D eigenvalue weighted by Gasteiger charge is 2.40. The Morgan fingerprint density at radius 1 is 1.12 bits per heavy atom. The maximum atomic E-state index is 12.0. The topological polar surface area (TPSA) is 67.4 Å². The molecule has 0 aliphatic heterocycles. The molecule has 26 heavy (non-hydrogen) atoms. The number of hydrogen-bond donors (Lipinski definition) is 2. The third-order valence-electron chi connectivity index (χ3n) is 5.37. The molecule has 2 aliphatic rings. The van der Waals surface area contributed by atoms with Crippen molar-refractivity contribution >= 4 is 35.0 Å². The van der Waals surface area contributed by atoms with Crippen LogP contribution in [0.4, 0.5) is 0 Å². The van der Waals surface area contributed by atoms with Crippen molar-refractivity contribution in [3.8, 4) is 5.75 Å². The molecule has 2 N–H and O–H groups in total. The number of hydrogen-bond acceptors (Lipinski definition) is 3. The molecule has 0 saturated heterocycles. The van der Waals surface area contributed by atoms with E-state index in [1.165, 1.54) is 19.3 Å². The van der Waals surface area contributed by atoms with E-state index in [2.05, 4.69) is 10.9 Å². The summed E-state index contributed by atoms with van der Waals surface area (Å²) in [6.45, 7) is 0.355. The average Bonchev–Trinajstić information content (AvgIpc) is 3.21. The quantitative estimate of drug-likeness (QED) is 0.535. The van der Waals surface area contributed by atoms with Crippen LogP contribution < -0.4 is 15.6 Å². The lowest BCUT2D eigenvalue weighted by Gasteiger charge is -2.20. The fourth-order valence-electron chi connectivity index (χ4n) is 4.12. The van der Waals surface area contributed by atoms with E-state index in [9.17, 15) is 9.59 Å². The van der Waals surface area contributed by atoms with E-state index in [-0.39, 0.29) is 18.2 Å². The van der Waals surface area contributed by atoms with Crippen LogP contribution in [0.3, 0.4) is 0 Å². The minimum atomic E-state index is -0.225. The van der Waals surface area contributed by atoms with Crippen LogP contribution in [0, 0.1) is 17.8 Å². The molecule has 5 nitrogen and oxygen atoms in total. The first-order valence-electron chi connectivity index (χ1n) is 9.17. The van der Waals surface area contributed by atoms with Gasteiger partial charge in [0, 0.05) is 17.9 Å². The maximum Gasteiger partial charge on any atom is 0.238 e. The number of hydrazine groups is 1. The molecule has 3 rings (SSSR count). The lowest BCUT2D eigenvalue weighted by molar-refractivity contribution is -0.129. The van der Waals surface area contributed by atoms with Crippen LogP contribution in [0.2, 0.25) is 10.0 Å². The van der Waals surface area contributed by atoms with E-state index < -0.39 is 0 Å². The highest BCUT2D eigenvalue weighted by molar-refractivity contribution is 6.35. The Labute approximate surface area is 163 Å². The van der Waals surface area contributed by atoms with Crippen LogP contribution >= 0.6 is 23.2 Å². The molecule has 3 atom stereocenters. The van der Waals surface area contributed by atoms with Gasteiger partial charge in [0.2, 0.25) is 11.8 Å². The molecule has 2 aliphatic carbocycles. The van der Waals surface area contributed by atoms with Gasteiger partial charge in [-0.3, -0.25) is 20.4 Å². The molecular weight excluding hydrogens is 375 g/mol. The number of benzene rings is 1. The Bertz CT molecular complexity index is 668. The standard InChI is InChI=1S/C19H24Cl2N2O3/c20-15-5-6-17(16(21)11-15)26-7-1-2-18(24)22-23-19(25)10-14-9-12-3-4-13(14)8-12/h5-6,11-14H,1-4,7-10H2,(H,22,24)(H,23,25)/t12-,13+,14-/m0/s1. The van der Waals surface area contributed by atoms with Crippen LogP contribution in [0.25, 0.3) is 0 Å². The van der Waals surface area contributed by atoms with Gasteiger partial charge in [0.1, 0.15) is 5.75 Å². The second-order valence-corrected chi connectivity index (χ2v) is 8.11. The first-order valence-corrected chi connectivity index (χ1v) is 9.92. The number of ether oxygens (including phenoxy) is 1. The first kappa shape index (κ1) is 19.3. The van der Waals surface area contributed by atoms with Crippen LogP contribution in [0.1, 0.15) is 44.9 Å². The molecule has 0 radical (unpaired) electrons. The van der Waals surface area contributed by atoms with Crippen molar-refractivity contribution in [3.63, 3.8) is 0 Å². The van der Waals surface area contributed by atoms with Gasteiger partial charge in [-0.2, -0.15) is 0 Å². The van der Waals surface area contributed by atoms with Crippen LogP contribution in [0.5, 0.6) is 5.75 Å². The third kappa shape index (κ3) is 5.27. The molecule has 1 aromatic rings. The van der Waals surface area contributed by atoms with Gasteiger partial charge < -0.3 is 4.74 Å². The number of fused-ring (bicyclic) bond motifs is 2. The largest absolute Gasteiger partial charge is 0.492 e. The van der Waals surface area contributed by atoms with E-state index in [4.69, 9.17) is 27.9 Å². The molecule has 1 aromatic carbocycles. The van der Waals surface area contributed by atoms with Gasteiger partial charge in [-0.1, -0.05) is 29.6 Å². The van der Waals surface area contributed by atoms with Gasteiger partial charge in [0.05, 0.1) is 11.6 Å². The van der Waals surface area contributed by atoms with Gasteiger partial charge in [-0.05, 0) is 61.6 Å². The normalized spacial score (nSPS) is 23.7. The first-order chi connectivity index (χ1) is 12.5. The zero-order valence-electron chi connectivity index (χ0n) is 14.6. The Kier molecular flexibility index (Phi) is 6.65. The Morgan fingerprint density at radius 3 is 2.62 bits per heavy atom.